The molecule has 1 aromatic heterocycles. The summed E-state index contributed by atoms with van der Waals surface area (Å²) in [6.45, 7) is 11.3. The molecule has 1 N–H and O–H groups in total. The summed E-state index contributed by atoms with van der Waals surface area (Å²) < 4.78 is 2.14. The first kappa shape index (κ1) is 17.7. The summed E-state index contributed by atoms with van der Waals surface area (Å²) in [5.74, 6) is 0. The van der Waals surface area contributed by atoms with Crippen LogP contribution < -0.4 is 0 Å². The molecule has 2 aliphatic heterocycles. The van der Waals surface area contributed by atoms with Gasteiger partial charge < -0.3 is 5.11 Å². The normalized spacial score (nSPS) is 27.0. The Bertz CT molecular complexity index is 757. The van der Waals surface area contributed by atoms with Crippen molar-refractivity contribution in [1.29, 1.82) is 0 Å². The largest absolute Gasteiger partial charge is 0.392 e. The maximum absolute atomic E-state index is 9.98. The second-order valence-electron chi connectivity index (χ2n) is 8.07. The number of fused-ring (bicyclic) bond motifs is 1. The number of aliphatic hydroxyl groups is 1. The molecule has 0 amide bonds. The smallest absolute Gasteiger partial charge is 0.0682 e. The van der Waals surface area contributed by atoms with Crippen LogP contribution in [0.4, 0.5) is 0 Å². The summed E-state index contributed by atoms with van der Waals surface area (Å²) in [7, 11) is 0. The van der Waals surface area contributed by atoms with E-state index in [1.807, 2.05) is 0 Å². The fourth-order valence-electron chi connectivity index (χ4n) is 4.57. The molecule has 4 rings (SSSR count). The molecule has 3 heterocycles. The van der Waals surface area contributed by atoms with Crippen LogP contribution in [0.1, 0.15) is 35.9 Å². The molecule has 2 aliphatic rings. The fraction of sp³-hybridized carbons (Fsp3) is 0.571. The first-order valence-corrected chi connectivity index (χ1v) is 9.74. The SMILES string of the molecule is Cc1nn(Cc2ccccc2)c(C)c1CN1CC2C[C@@H](O)CN2C[C@@H]1C. The summed E-state index contributed by atoms with van der Waals surface area (Å²) in [4.78, 5) is 5.04. The Kier molecular flexibility index (Phi) is 4.86. The number of rotatable bonds is 4. The molecule has 0 spiro atoms. The van der Waals surface area contributed by atoms with Crippen molar-refractivity contribution >= 4 is 0 Å². The highest BCUT2D eigenvalue weighted by molar-refractivity contribution is 5.26. The maximum Gasteiger partial charge on any atom is 0.0682 e. The monoisotopic (exact) mass is 354 g/mol. The van der Waals surface area contributed by atoms with Crippen LogP contribution in [0.2, 0.25) is 0 Å². The standard InChI is InChI=1S/C21H30N4O/c1-15-10-24-13-20(26)9-19(24)12-23(15)14-21-16(2)22-25(17(21)3)11-18-7-5-4-6-8-18/h4-8,15,19-20,26H,9-14H2,1-3H3/t15-,19?,20+/m0/s1. The highest BCUT2D eigenvalue weighted by atomic mass is 16.3. The van der Waals surface area contributed by atoms with E-state index >= 15 is 0 Å². The fourth-order valence-corrected chi connectivity index (χ4v) is 4.57. The number of aliphatic hydroxyl groups excluding tert-OH is 1. The van der Waals surface area contributed by atoms with E-state index in [1.165, 1.54) is 16.8 Å². The Morgan fingerprint density at radius 1 is 1.08 bits per heavy atom. The summed E-state index contributed by atoms with van der Waals surface area (Å²) in [6.07, 6.45) is 0.762. The van der Waals surface area contributed by atoms with Crippen molar-refractivity contribution in [3.63, 3.8) is 0 Å². The minimum Gasteiger partial charge on any atom is -0.392 e. The Hall–Kier alpha value is -1.69. The molecule has 1 unspecified atom stereocenters. The van der Waals surface area contributed by atoms with Crippen molar-refractivity contribution < 1.29 is 5.11 Å². The average molecular weight is 354 g/mol. The van der Waals surface area contributed by atoms with Crippen LogP contribution in [0.5, 0.6) is 0 Å². The van der Waals surface area contributed by atoms with Gasteiger partial charge in [0.2, 0.25) is 0 Å². The first-order chi connectivity index (χ1) is 12.5. The van der Waals surface area contributed by atoms with Crippen LogP contribution in [0.3, 0.4) is 0 Å². The third kappa shape index (κ3) is 3.43. The van der Waals surface area contributed by atoms with Crippen molar-refractivity contribution in [2.45, 2.75) is 58.5 Å². The molecule has 2 saturated heterocycles. The number of hydrogen-bond acceptors (Lipinski definition) is 4. The predicted octanol–water partition coefficient (Wildman–Crippen LogP) is 2.19. The lowest BCUT2D eigenvalue weighted by Crippen LogP contribution is -2.54. The van der Waals surface area contributed by atoms with Gasteiger partial charge >= 0.3 is 0 Å². The number of nitrogens with zero attached hydrogens (tertiary/aromatic N) is 4. The highest BCUT2D eigenvalue weighted by Crippen LogP contribution is 2.27. The van der Waals surface area contributed by atoms with E-state index in [-0.39, 0.29) is 6.10 Å². The zero-order valence-corrected chi connectivity index (χ0v) is 16.1. The Balaban J connectivity index is 1.49. The Morgan fingerprint density at radius 2 is 1.85 bits per heavy atom. The molecule has 0 aliphatic carbocycles. The van der Waals surface area contributed by atoms with E-state index in [1.54, 1.807) is 0 Å². The molecule has 5 nitrogen and oxygen atoms in total. The molecule has 26 heavy (non-hydrogen) atoms. The van der Waals surface area contributed by atoms with Crippen LogP contribution in [-0.2, 0) is 13.1 Å². The molecule has 140 valence electrons. The second kappa shape index (κ2) is 7.14. The van der Waals surface area contributed by atoms with E-state index in [4.69, 9.17) is 5.10 Å². The summed E-state index contributed by atoms with van der Waals surface area (Å²) in [5.41, 5.74) is 5.05. The minimum atomic E-state index is -0.149. The molecule has 5 heteroatoms. The minimum absolute atomic E-state index is 0.149. The van der Waals surface area contributed by atoms with Gasteiger partial charge in [0, 0.05) is 49.5 Å². The van der Waals surface area contributed by atoms with Crippen LogP contribution in [0, 0.1) is 13.8 Å². The van der Waals surface area contributed by atoms with Crippen molar-refractivity contribution in [3.05, 3.63) is 52.8 Å². The quantitative estimate of drug-likeness (QED) is 0.914. The number of aryl methyl sites for hydroxylation is 1. The van der Waals surface area contributed by atoms with Crippen molar-refractivity contribution in [2.24, 2.45) is 0 Å². The summed E-state index contributed by atoms with van der Waals surface area (Å²) >= 11 is 0. The molecule has 0 bridgehead atoms. The van der Waals surface area contributed by atoms with Crippen molar-refractivity contribution in [3.8, 4) is 0 Å². The summed E-state index contributed by atoms with van der Waals surface area (Å²) in [6, 6.07) is 11.5. The van der Waals surface area contributed by atoms with Crippen LogP contribution in [0.15, 0.2) is 30.3 Å². The zero-order chi connectivity index (χ0) is 18.3. The van der Waals surface area contributed by atoms with Gasteiger partial charge in [-0.15, -0.1) is 0 Å². The predicted molar refractivity (Wildman–Crippen MR) is 103 cm³/mol. The van der Waals surface area contributed by atoms with Gasteiger partial charge in [-0.05, 0) is 32.8 Å². The van der Waals surface area contributed by atoms with Gasteiger partial charge in [-0.1, -0.05) is 30.3 Å². The topological polar surface area (TPSA) is 44.5 Å². The van der Waals surface area contributed by atoms with Crippen LogP contribution in [-0.4, -0.2) is 62.5 Å². The third-order valence-corrected chi connectivity index (χ3v) is 6.14. The number of benzene rings is 1. The molecule has 0 radical (unpaired) electrons. The third-order valence-electron chi connectivity index (χ3n) is 6.14. The van der Waals surface area contributed by atoms with E-state index in [9.17, 15) is 5.11 Å². The molecular formula is C21H30N4O. The van der Waals surface area contributed by atoms with E-state index in [2.05, 4.69) is 65.6 Å². The van der Waals surface area contributed by atoms with Gasteiger partial charge in [-0.3, -0.25) is 14.5 Å². The highest BCUT2D eigenvalue weighted by Gasteiger charge is 2.38. The van der Waals surface area contributed by atoms with E-state index < -0.39 is 0 Å². The van der Waals surface area contributed by atoms with Crippen LogP contribution >= 0.6 is 0 Å². The Morgan fingerprint density at radius 3 is 2.62 bits per heavy atom. The molecule has 0 saturated carbocycles. The van der Waals surface area contributed by atoms with Crippen molar-refractivity contribution in [1.82, 2.24) is 19.6 Å². The molecule has 1 aromatic carbocycles. The van der Waals surface area contributed by atoms with Gasteiger partial charge in [-0.25, -0.2) is 0 Å². The molecule has 2 aromatic rings. The van der Waals surface area contributed by atoms with E-state index in [0.717, 1.165) is 44.8 Å². The number of piperazine rings is 1. The van der Waals surface area contributed by atoms with Gasteiger partial charge in [0.05, 0.1) is 18.3 Å². The lowest BCUT2D eigenvalue weighted by Gasteiger charge is -2.42. The van der Waals surface area contributed by atoms with Gasteiger partial charge in [0.25, 0.3) is 0 Å². The average Bonchev–Trinajstić information content (AvgIpc) is 3.09. The summed E-state index contributed by atoms with van der Waals surface area (Å²) in [5, 5.41) is 14.8. The zero-order valence-electron chi connectivity index (χ0n) is 16.1. The van der Waals surface area contributed by atoms with Gasteiger partial charge in [0.15, 0.2) is 0 Å². The van der Waals surface area contributed by atoms with Crippen molar-refractivity contribution in [2.75, 3.05) is 19.6 Å². The maximum atomic E-state index is 9.98. The van der Waals surface area contributed by atoms with Gasteiger partial charge in [-0.2, -0.15) is 5.10 Å². The van der Waals surface area contributed by atoms with E-state index in [0.29, 0.717) is 12.1 Å². The molecular weight excluding hydrogens is 324 g/mol. The Labute approximate surface area is 156 Å². The number of hydrogen-bond donors (Lipinski definition) is 1. The second-order valence-corrected chi connectivity index (χ2v) is 8.07. The van der Waals surface area contributed by atoms with Crippen LogP contribution in [0.25, 0.3) is 0 Å². The molecule has 2 fully saturated rings. The lowest BCUT2D eigenvalue weighted by atomic mass is 10.1. The number of aromatic nitrogens is 2. The molecule has 3 atom stereocenters. The first-order valence-electron chi connectivity index (χ1n) is 9.74. The lowest BCUT2D eigenvalue weighted by molar-refractivity contribution is 0.0526. The van der Waals surface area contributed by atoms with Gasteiger partial charge in [0.1, 0.15) is 0 Å².